The normalized spacial score (nSPS) is 10.2. The Morgan fingerprint density at radius 3 is 2.75 bits per heavy atom. The number of ether oxygens (including phenoxy) is 1. The first-order chi connectivity index (χ1) is 11.7. The van der Waals surface area contributed by atoms with E-state index in [4.69, 9.17) is 4.74 Å². The van der Waals surface area contributed by atoms with Crippen molar-refractivity contribution >= 4 is 11.8 Å². The van der Waals surface area contributed by atoms with Gasteiger partial charge in [-0.05, 0) is 29.8 Å². The number of amides is 2. The molecule has 1 aromatic heterocycles. The molecule has 0 aliphatic rings. The van der Waals surface area contributed by atoms with Gasteiger partial charge in [-0.3, -0.25) is 5.32 Å². The number of hydrogen-bond donors (Lipinski definition) is 2. The number of carbonyl (C=O) groups excluding carboxylic acids is 1. The molecule has 2 aromatic carbocycles. The van der Waals surface area contributed by atoms with E-state index in [0.717, 1.165) is 17.0 Å². The van der Waals surface area contributed by atoms with Gasteiger partial charge in [-0.2, -0.15) is 0 Å². The number of nitrogens with one attached hydrogen (secondary N) is 2. The van der Waals surface area contributed by atoms with Crippen LogP contribution in [0.25, 0.3) is 5.69 Å². The minimum Gasteiger partial charge on any atom is -0.497 e. The standard InChI is InChI=1S/C18H18N4O2/c1-24-16-9-5-6-14(12-16)13-19-18(23)20-17-10-11-22(21-17)15-7-3-2-4-8-15/h2-12H,13H2,1H3,(H2,19,20,21,23). The van der Waals surface area contributed by atoms with Crippen LogP contribution in [0.5, 0.6) is 5.75 Å². The van der Waals surface area contributed by atoms with Gasteiger partial charge in [0.1, 0.15) is 5.75 Å². The van der Waals surface area contributed by atoms with Crippen molar-refractivity contribution in [2.45, 2.75) is 6.54 Å². The van der Waals surface area contributed by atoms with Crippen LogP contribution >= 0.6 is 0 Å². The van der Waals surface area contributed by atoms with Crippen LogP contribution in [0.15, 0.2) is 66.9 Å². The molecule has 24 heavy (non-hydrogen) atoms. The number of anilines is 1. The van der Waals surface area contributed by atoms with Gasteiger partial charge in [0, 0.05) is 18.8 Å². The summed E-state index contributed by atoms with van der Waals surface area (Å²) in [6.07, 6.45) is 1.80. The molecule has 2 N–H and O–H groups in total. The Bertz CT molecular complexity index is 815. The van der Waals surface area contributed by atoms with Crippen molar-refractivity contribution in [2.24, 2.45) is 0 Å². The summed E-state index contributed by atoms with van der Waals surface area (Å²) >= 11 is 0. The zero-order chi connectivity index (χ0) is 16.8. The van der Waals surface area contributed by atoms with Crippen LogP contribution in [0.2, 0.25) is 0 Å². The SMILES string of the molecule is COc1cccc(CNC(=O)Nc2ccn(-c3ccccc3)n2)c1. The fourth-order valence-corrected chi connectivity index (χ4v) is 2.24. The second-order valence-electron chi connectivity index (χ2n) is 5.14. The number of aromatic nitrogens is 2. The van der Waals surface area contributed by atoms with Gasteiger partial charge in [0.05, 0.1) is 12.8 Å². The number of para-hydroxylation sites is 1. The van der Waals surface area contributed by atoms with E-state index in [-0.39, 0.29) is 6.03 Å². The first-order valence-corrected chi connectivity index (χ1v) is 7.53. The number of nitrogens with zero attached hydrogens (tertiary/aromatic N) is 2. The summed E-state index contributed by atoms with van der Waals surface area (Å²) in [5.41, 5.74) is 1.89. The highest BCUT2D eigenvalue weighted by Gasteiger charge is 2.06. The predicted molar refractivity (Wildman–Crippen MR) is 92.4 cm³/mol. The van der Waals surface area contributed by atoms with E-state index in [1.807, 2.05) is 54.6 Å². The quantitative estimate of drug-likeness (QED) is 0.758. The largest absolute Gasteiger partial charge is 0.497 e. The van der Waals surface area contributed by atoms with Crippen LogP contribution in [0, 0.1) is 0 Å². The van der Waals surface area contributed by atoms with Crippen LogP contribution in [0.3, 0.4) is 0 Å². The van der Waals surface area contributed by atoms with Crippen molar-refractivity contribution in [1.82, 2.24) is 15.1 Å². The molecule has 0 aliphatic carbocycles. The van der Waals surface area contributed by atoms with E-state index in [0.29, 0.717) is 12.4 Å². The zero-order valence-corrected chi connectivity index (χ0v) is 13.3. The number of methoxy groups -OCH3 is 1. The molecule has 0 unspecified atom stereocenters. The third kappa shape index (κ3) is 3.92. The van der Waals surface area contributed by atoms with Crippen LogP contribution in [-0.4, -0.2) is 22.9 Å². The number of hydrogen-bond acceptors (Lipinski definition) is 3. The highest BCUT2D eigenvalue weighted by molar-refractivity contribution is 5.88. The molecular weight excluding hydrogens is 304 g/mol. The summed E-state index contributed by atoms with van der Waals surface area (Å²) in [4.78, 5) is 12.0. The van der Waals surface area contributed by atoms with Crippen molar-refractivity contribution < 1.29 is 9.53 Å². The number of urea groups is 1. The van der Waals surface area contributed by atoms with E-state index in [1.165, 1.54) is 0 Å². The second kappa shape index (κ2) is 7.32. The fraction of sp³-hybridized carbons (Fsp3) is 0.111. The average molecular weight is 322 g/mol. The summed E-state index contributed by atoms with van der Waals surface area (Å²) in [5, 5.41) is 9.84. The average Bonchev–Trinajstić information content (AvgIpc) is 3.09. The summed E-state index contributed by atoms with van der Waals surface area (Å²) in [5.74, 6) is 1.25. The Kier molecular flexibility index (Phi) is 4.76. The Balaban J connectivity index is 1.56. The zero-order valence-electron chi connectivity index (χ0n) is 13.3. The molecule has 3 aromatic rings. The monoisotopic (exact) mass is 322 g/mol. The molecule has 0 spiro atoms. The van der Waals surface area contributed by atoms with Gasteiger partial charge in [-0.15, -0.1) is 5.10 Å². The van der Waals surface area contributed by atoms with Gasteiger partial charge in [0.25, 0.3) is 0 Å². The molecule has 2 amide bonds. The molecule has 6 heteroatoms. The van der Waals surface area contributed by atoms with Crippen molar-refractivity contribution in [3.8, 4) is 11.4 Å². The van der Waals surface area contributed by atoms with Crippen LogP contribution in [-0.2, 0) is 6.54 Å². The van der Waals surface area contributed by atoms with E-state index in [2.05, 4.69) is 15.7 Å². The topological polar surface area (TPSA) is 68.2 Å². The Morgan fingerprint density at radius 1 is 1.12 bits per heavy atom. The van der Waals surface area contributed by atoms with Gasteiger partial charge in [-0.25, -0.2) is 9.48 Å². The molecule has 0 aliphatic heterocycles. The Labute approximate surface area is 140 Å². The van der Waals surface area contributed by atoms with E-state index >= 15 is 0 Å². The molecule has 0 fully saturated rings. The molecule has 0 saturated carbocycles. The lowest BCUT2D eigenvalue weighted by Crippen LogP contribution is -2.28. The first-order valence-electron chi connectivity index (χ1n) is 7.53. The third-order valence-electron chi connectivity index (χ3n) is 3.44. The lowest BCUT2D eigenvalue weighted by atomic mass is 10.2. The molecule has 6 nitrogen and oxygen atoms in total. The van der Waals surface area contributed by atoms with Crippen molar-refractivity contribution in [1.29, 1.82) is 0 Å². The van der Waals surface area contributed by atoms with Crippen molar-refractivity contribution in [2.75, 3.05) is 12.4 Å². The molecule has 1 heterocycles. The van der Waals surface area contributed by atoms with Crippen LogP contribution < -0.4 is 15.4 Å². The van der Waals surface area contributed by atoms with Gasteiger partial charge >= 0.3 is 6.03 Å². The molecule has 0 bridgehead atoms. The molecule has 122 valence electrons. The molecule has 0 atom stereocenters. The van der Waals surface area contributed by atoms with Crippen LogP contribution in [0.1, 0.15) is 5.56 Å². The van der Waals surface area contributed by atoms with Gasteiger partial charge in [0.15, 0.2) is 5.82 Å². The van der Waals surface area contributed by atoms with Gasteiger partial charge < -0.3 is 10.1 Å². The number of rotatable bonds is 5. The van der Waals surface area contributed by atoms with E-state index in [1.54, 1.807) is 24.1 Å². The minimum atomic E-state index is -0.309. The second-order valence-corrected chi connectivity index (χ2v) is 5.14. The minimum absolute atomic E-state index is 0.309. The fourth-order valence-electron chi connectivity index (χ4n) is 2.24. The predicted octanol–water partition coefficient (Wildman–Crippen LogP) is 3.20. The summed E-state index contributed by atoms with van der Waals surface area (Å²) in [7, 11) is 1.61. The summed E-state index contributed by atoms with van der Waals surface area (Å²) in [6, 6.07) is 18.7. The lowest BCUT2D eigenvalue weighted by molar-refractivity contribution is 0.251. The maximum atomic E-state index is 12.0. The molecule has 0 radical (unpaired) electrons. The van der Waals surface area contributed by atoms with Crippen molar-refractivity contribution in [3.63, 3.8) is 0 Å². The highest BCUT2D eigenvalue weighted by Crippen LogP contribution is 2.12. The number of benzene rings is 2. The van der Waals surface area contributed by atoms with E-state index < -0.39 is 0 Å². The smallest absolute Gasteiger partial charge is 0.320 e. The molecule has 3 rings (SSSR count). The maximum Gasteiger partial charge on any atom is 0.320 e. The lowest BCUT2D eigenvalue weighted by Gasteiger charge is -2.07. The third-order valence-corrected chi connectivity index (χ3v) is 3.44. The first kappa shape index (κ1) is 15.6. The highest BCUT2D eigenvalue weighted by atomic mass is 16.5. The van der Waals surface area contributed by atoms with Gasteiger partial charge in [-0.1, -0.05) is 30.3 Å². The molecular formula is C18H18N4O2. The Morgan fingerprint density at radius 2 is 1.96 bits per heavy atom. The summed E-state index contributed by atoms with van der Waals surface area (Å²) < 4.78 is 6.87. The van der Waals surface area contributed by atoms with Crippen molar-refractivity contribution in [3.05, 3.63) is 72.4 Å². The maximum absolute atomic E-state index is 12.0. The van der Waals surface area contributed by atoms with E-state index in [9.17, 15) is 4.79 Å². The molecule has 0 saturated heterocycles. The van der Waals surface area contributed by atoms with Gasteiger partial charge in [0.2, 0.25) is 0 Å². The Hall–Kier alpha value is -3.28. The number of carbonyl (C=O) groups is 1. The van der Waals surface area contributed by atoms with Crippen LogP contribution in [0.4, 0.5) is 10.6 Å². The summed E-state index contributed by atoms with van der Waals surface area (Å²) in [6.45, 7) is 0.405.